The Labute approximate surface area is 181 Å². The van der Waals surface area contributed by atoms with Gasteiger partial charge in [-0.3, -0.25) is 9.89 Å². The number of aliphatic imine (C=N–C) groups is 1. The van der Waals surface area contributed by atoms with Crippen LogP contribution < -0.4 is 5.32 Å². The zero-order valence-corrected chi connectivity index (χ0v) is 19.3. The summed E-state index contributed by atoms with van der Waals surface area (Å²) in [6.45, 7) is 10.3. The highest BCUT2D eigenvalue weighted by Crippen LogP contribution is 2.25. The van der Waals surface area contributed by atoms with Crippen molar-refractivity contribution in [3.63, 3.8) is 0 Å². The maximum absolute atomic E-state index is 12.9. The molecule has 1 aromatic heterocycles. The normalized spacial score (nSPS) is 17.4. The first-order chi connectivity index (χ1) is 12.7. The highest BCUT2D eigenvalue weighted by atomic mass is 127. The Kier molecular flexibility index (Phi) is 10.0. The van der Waals surface area contributed by atoms with Crippen molar-refractivity contribution in [2.75, 3.05) is 39.3 Å². The summed E-state index contributed by atoms with van der Waals surface area (Å²) < 4.78 is 43.8. The van der Waals surface area contributed by atoms with Crippen molar-refractivity contribution >= 4 is 29.9 Å². The van der Waals surface area contributed by atoms with E-state index in [1.54, 1.807) is 0 Å². The first-order valence-electron chi connectivity index (χ1n) is 9.49. The molecule has 1 aliphatic rings. The lowest BCUT2D eigenvalue weighted by Gasteiger charge is -2.39. The predicted molar refractivity (Wildman–Crippen MR) is 114 cm³/mol. The molecule has 1 saturated heterocycles. The van der Waals surface area contributed by atoms with Crippen LogP contribution in [0.15, 0.2) is 9.52 Å². The van der Waals surface area contributed by atoms with Crippen LogP contribution in [0.2, 0.25) is 0 Å². The van der Waals surface area contributed by atoms with Crippen molar-refractivity contribution in [1.82, 2.24) is 20.3 Å². The second kappa shape index (κ2) is 11.2. The Morgan fingerprint density at radius 3 is 2.39 bits per heavy atom. The average Bonchev–Trinajstić information content (AvgIpc) is 2.94. The van der Waals surface area contributed by atoms with Gasteiger partial charge in [0.05, 0.1) is 5.69 Å². The third kappa shape index (κ3) is 6.78. The van der Waals surface area contributed by atoms with Gasteiger partial charge in [-0.05, 0) is 40.5 Å². The van der Waals surface area contributed by atoms with E-state index in [1.165, 1.54) is 11.8 Å². The van der Waals surface area contributed by atoms with E-state index in [4.69, 9.17) is 4.52 Å². The molecule has 1 aromatic rings. The van der Waals surface area contributed by atoms with Crippen molar-refractivity contribution in [3.8, 4) is 0 Å². The number of aromatic nitrogens is 1. The summed E-state index contributed by atoms with van der Waals surface area (Å²) in [5.41, 5.74) is 2.04. The van der Waals surface area contributed by atoms with Crippen LogP contribution >= 0.6 is 24.0 Å². The minimum atomic E-state index is -4.18. The molecule has 162 valence electrons. The molecule has 6 nitrogen and oxygen atoms in total. The van der Waals surface area contributed by atoms with Crippen LogP contribution in [-0.4, -0.2) is 72.4 Å². The van der Waals surface area contributed by atoms with Crippen molar-refractivity contribution in [2.24, 2.45) is 4.99 Å². The van der Waals surface area contributed by atoms with Gasteiger partial charge >= 0.3 is 6.18 Å². The lowest BCUT2D eigenvalue weighted by Crippen LogP contribution is -2.56. The number of piperazine rings is 1. The number of nitrogens with zero attached hydrogens (tertiary/aromatic N) is 4. The van der Waals surface area contributed by atoms with Crippen LogP contribution in [0.3, 0.4) is 0 Å². The largest absolute Gasteiger partial charge is 0.403 e. The first-order valence-corrected chi connectivity index (χ1v) is 9.49. The van der Waals surface area contributed by atoms with Gasteiger partial charge in [-0.2, -0.15) is 13.2 Å². The number of halogens is 4. The molecule has 0 saturated carbocycles. The quantitative estimate of drug-likeness (QED) is 0.272. The van der Waals surface area contributed by atoms with Crippen LogP contribution in [-0.2, 0) is 6.42 Å². The fourth-order valence-corrected chi connectivity index (χ4v) is 3.25. The fourth-order valence-electron chi connectivity index (χ4n) is 3.25. The molecule has 1 aliphatic heterocycles. The number of hydrogen-bond donors (Lipinski definition) is 1. The summed E-state index contributed by atoms with van der Waals surface area (Å²) in [5, 5.41) is 7.20. The zero-order chi connectivity index (χ0) is 20.0. The van der Waals surface area contributed by atoms with E-state index in [1.807, 2.05) is 25.7 Å². The molecule has 1 atom stereocenters. The van der Waals surface area contributed by atoms with Crippen molar-refractivity contribution in [2.45, 2.75) is 52.8 Å². The lowest BCUT2D eigenvalue weighted by molar-refractivity contribution is -0.181. The van der Waals surface area contributed by atoms with Crippen LogP contribution in [0.5, 0.6) is 0 Å². The zero-order valence-electron chi connectivity index (χ0n) is 17.0. The van der Waals surface area contributed by atoms with Crippen molar-refractivity contribution in [3.05, 3.63) is 17.0 Å². The van der Waals surface area contributed by atoms with Gasteiger partial charge in [0.25, 0.3) is 0 Å². The molecule has 28 heavy (non-hydrogen) atoms. The molecule has 1 N–H and O–H groups in total. The van der Waals surface area contributed by atoms with Gasteiger partial charge in [-0.15, -0.1) is 24.0 Å². The molecule has 1 unspecified atom stereocenters. The van der Waals surface area contributed by atoms with Crippen LogP contribution in [0.1, 0.15) is 37.3 Å². The number of guanidine groups is 1. The van der Waals surface area contributed by atoms with E-state index < -0.39 is 12.2 Å². The molecule has 2 heterocycles. The van der Waals surface area contributed by atoms with Crippen LogP contribution in [0.4, 0.5) is 13.2 Å². The maximum Gasteiger partial charge on any atom is 0.403 e. The van der Waals surface area contributed by atoms with E-state index >= 15 is 0 Å². The number of alkyl halides is 3. The van der Waals surface area contributed by atoms with Gasteiger partial charge in [0, 0.05) is 44.8 Å². The molecule has 0 amide bonds. The molecule has 0 aromatic carbocycles. The summed E-state index contributed by atoms with van der Waals surface area (Å²) in [6, 6.07) is -1.41. The van der Waals surface area contributed by atoms with Crippen LogP contribution in [0.25, 0.3) is 0 Å². The number of aryl methyl sites for hydroxylation is 2. The van der Waals surface area contributed by atoms with Gasteiger partial charge in [-0.25, -0.2) is 0 Å². The molecular formula is C18H31F3IN5O. The second-order valence-corrected chi connectivity index (χ2v) is 6.88. The molecule has 0 spiro atoms. The van der Waals surface area contributed by atoms with E-state index in [0.29, 0.717) is 32.7 Å². The standard InChI is InChI=1S/C18H30F3N5O.HI/c1-5-22-17(23-8-6-7-16-13(2)24-27-14(16)3)26-11-9-25(10-12-26)15(4)18(19,20)21;/h15H,5-12H2,1-4H3,(H,22,23);1H. The summed E-state index contributed by atoms with van der Waals surface area (Å²) in [5.74, 6) is 1.62. The molecule has 2 rings (SSSR count). The van der Waals surface area contributed by atoms with Gasteiger partial charge < -0.3 is 14.7 Å². The predicted octanol–water partition coefficient (Wildman–Crippen LogP) is 3.38. The van der Waals surface area contributed by atoms with Crippen molar-refractivity contribution in [1.29, 1.82) is 0 Å². The minimum absolute atomic E-state index is 0. The Morgan fingerprint density at radius 2 is 1.89 bits per heavy atom. The third-order valence-electron chi connectivity index (χ3n) is 5.00. The molecule has 0 aliphatic carbocycles. The topological polar surface area (TPSA) is 56.9 Å². The fraction of sp³-hybridized carbons (Fsp3) is 0.778. The molecule has 0 radical (unpaired) electrons. The average molecular weight is 517 g/mol. The summed E-state index contributed by atoms with van der Waals surface area (Å²) in [6.07, 6.45) is -2.47. The molecule has 0 bridgehead atoms. The van der Waals surface area contributed by atoms with Crippen LogP contribution in [0, 0.1) is 13.8 Å². The molecule has 1 fully saturated rings. The number of hydrogen-bond acceptors (Lipinski definition) is 4. The van der Waals surface area contributed by atoms with Gasteiger partial charge in [-0.1, -0.05) is 5.16 Å². The Balaban J connectivity index is 0.00000392. The van der Waals surface area contributed by atoms with Gasteiger partial charge in [0.2, 0.25) is 0 Å². The van der Waals surface area contributed by atoms with E-state index in [-0.39, 0.29) is 24.0 Å². The summed E-state index contributed by atoms with van der Waals surface area (Å²) >= 11 is 0. The lowest BCUT2D eigenvalue weighted by atomic mass is 10.1. The Morgan fingerprint density at radius 1 is 1.25 bits per heavy atom. The van der Waals surface area contributed by atoms with E-state index in [9.17, 15) is 13.2 Å². The monoisotopic (exact) mass is 517 g/mol. The Hall–Kier alpha value is -1.04. The third-order valence-corrected chi connectivity index (χ3v) is 5.00. The highest BCUT2D eigenvalue weighted by Gasteiger charge is 2.41. The SMILES string of the molecule is CCNC(=NCCCc1c(C)noc1C)N1CCN(C(C)C(F)(F)F)CC1.I. The van der Waals surface area contributed by atoms with Gasteiger partial charge in [0.15, 0.2) is 5.96 Å². The molecule has 10 heteroatoms. The highest BCUT2D eigenvalue weighted by molar-refractivity contribution is 14.0. The number of rotatable bonds is 6. The maximum atomic E-state index is 12.9. The van der Waals surface area contributed by atoms with E-state index in [0.717, 1.165) is 42.4 Å². The summed E-state index contributed by atoms with van der Waals surface area (Å²) in [7, 11) is 0. The second-order valence-electron chi connectivity index (χ2n) is 6.88. The molecular weight excluding hydrogens is 486 g/mol. The first kappa shape index (κ1) is 25.0. The minimum Gasteiger partial charge on any atom is -0.361 e. The van der Waals surface area contributed by atoms with E-state index in [2.05, 4.69) is 15.5 Å². The summed E-state index contributed by atoms with van der Waals surface area (Å²) in [4.78, 5) is 8.18. The van der Waals surface area contributed by atoms with Gasteiger partial charge in [0.1, 0.15) is 11.8 Å². The smallest absolute Gasteiger partial charge is 0.361 e. The Bertz CT molecular complexity index is 608. The number of nitrogens with one attached hydrogen (secondary N) is 1. The van der Waals surface area contributed by atoms with Crippen molar-refractivity contribution < 1.29 is 17.7 Å².